The quantitative estimate of drug-likeness (QED) is 0.418. The van der Waals surface area contributed by atoms with Gasteiger partial charge in [-0.15, -0.1) is 0 Å². The summed E-state index contributed by atoms with van der Waals surface area (Å²) < 4.78 is 6.14. The Bertz CT molecular complexity index is 852. The smallest absolute Gasteiger partial charge is 0.343 e. The van der Waals surface area contributed by atoms with E-state index < -0.39 is 22.8 Å². The molecule has 2 rings (SSSR count). The summed E-state index contributed by atoms with van der Waals surface area (Å²) in [6.07, 6.45) is 0.973. The van der Waals surface area contributed by atoms with Crippen molar-refractivity contribution in [3.63, 3.8) is 0 Å². The third-order valence-electron chi connectivity index (χ3n) is 3.81. The van der Waals surface area contributed by atoms with E-state index in [1.807, 2.05) is 0 Å². The first kappa shape index (κ1) is 20.4. The van der Waals surface area contributed by atoms with Crippen molar-refractivity contribution >= 4 is 29.3 Å². The van der Waals surface area contributed by atoms with Crippen LogP contribution in [-0.2, 0) is 20.9 Å². The van der Waals surface area contributed by atoms with Crippen molar-refractivity contribution in [1.82, 2.24) is 14.9 Å². The Balaban J connectivity index is 2.21. The number of carbonyl (C=O) groups excluding carboxylic acids is 2. The number of aromatic nitrogens is 2. The summed E-state index contributed by atoms with van der Waals surface area (Å²) in [5, 5.41) is 14.1. The van der Waals surface area contributed by atoms with Crippen LogP contribution in [0.5, 0.6) is 0 Å². The zero-order valence-electron chi connectivity index (χ0n) is 14.8. The molecular formula is C17H19ClN4O5. The van der Waals surface area contributed by atoms with Crippen molar-refractivity contribution in [2.45, 2.75) is 32.9 Å². The van der Waals surface area contributed by atoms with Crippen LogP contribution in [0.2, 0.25) is 5.02 Å². The van der Waals surface area contributed by atoms with Crippen LogP contribution in [0.15, 0.2) is 30.5 Å². The number of benzene rings is 1. The number of carbonyl (C=O) groups is 2. The highest BCUT2D eigenvalue weighted by Crippen LogP contribution is 2.25. The molecule has 2 aromatic rings. The fraction of sp³-hybridized carbons (Fsp3) is 0.353. The van der Waals surface area contributed by atoms with Gasteiger partial charge in [-0.25, -0.2) is 9.55 Å². The van der Waals surface area contributed by atoms with E-state index in [1.54, 1.807) is 38.1 Å². The number of hydrogen-bond acceptors (Lipinski definition) is 6. The van der Waals surface area contributed by atoms with Crippen molar-refractivity contribution in [3.8, 4) is 0 Å². The molecule has 27 heavy (non-hydrogen) atoms. The van der Waals surface area contributed by atoms with Crippen LogP contribution in [0.3, 0.4) is 0 Å². The number of imidazole rings is 1. The molecule has 0 spiro atoms. The van der Waals surface area contributed by atoms with Gasteiger partial charge in [0, 0.05) is 11.9 Å². The fourth-order valence-corrected chi connectivity index (χ4v) is 2.83. The number of rotatable bonds is 8. The van der Waals surface area contributed by atoms with Crippen LogP contribution in [0.25, 0.3) is 0 Å². The molecule has 0 radical (unpaired) electrons. The summed E-state index contributed by atoms with van der Waals surface area (Å²) in [5.41, 5.74) is 0.553. The normalized spacial score (nSPS) is 11.7. The number of hydrogen-bond donors (Lipinski definition) is 1. The van der Waals surface area contributed by atoms with Crippen LogP contribution >= 0.6 is 11.6 Å². The first-order valence-electron chi connectivity index (χ1n) is 8.19. The predicted molar refractivity (Wildman–Crippen MR) is 97.2 cm³/mol. The lowest BCUT2D eigenvalue weighted by molar-refractivity contribution is -0.392. The van der Waals surface area contributed by atoms with E-state index >= 15 is 0 Å². The van der Waals surface area contributed by atoms with Crippen LogP contribution in [0.1, 0.15) is 30.8 Å². The van der Waals surface area contributed by atoms with Gasteiger partial charge in [-0.1, -0.05) is 29.8 Å². The predicted octanol–water partition coefficient (Wildman–Crippen LogP) is 2.56. The molecule has 10 heteroatoms. The van der Waals surface area contributed by atoms with Gasteiger partial charge < -0.3 is 20.2 Å². The van der Waals surface area contributed by atoms with E-state index in [0.717, 1.165) is 6.20 Å². The van der Waals surface area contributed by atoms with Crippen molar-refractivity contribution in [1.29, 1.82) is 0 Å². The van der Waals surface area contributed by atoms with Crippen LogP contribution in [0.4, 0.5) is 5.82 Å². The maximum Gasteiger partial charge on any atom is 0.343 e. The zero-order valence-corrected chi connectivity index (χ0v) is 15.6. The molecule has 0 aliphatic carbocycles. The van der Waals surface area contributed by atoms with Gasteiger partial charge in [-0.3, -0.25) is 9.59 Å². The summed E-state index contributed by atoms with van der Waals surface area (Å²) in [4.78, 5) is 38.7. The third kappa shape index (κ3) is 5.27. The van der Waals surface area contributed by atoms with E-state index in [0.29, 0.717) is 16.4 Å². The van der Waals surface area contributed by atoms with Crippen LogP contribution < -0.4 is 5.32 Å². The van der Waals surface area contributed by atoms with Crippen LogP contribution in [-0.4, -0.2) is 33.0 Å². The average Bonchev–Trinajstić information content (AvgIpc) is 2.96. The molecule has 0 aliphatic heterocycles. The van der Waals surface area contributed by atoms with Crippen molar-refractivity contribution in [2.75, 3.05) is 6.61 Å². The number of halogens is 1. The number of esters is 1. The number of nitro groups is 1. The highest BCUT2D eigenvalue weighted by molar-refractivity contribution is 6.31. The molecule has 0 bridgehead atoms. The van der Waals surface area contributed by atoms with E-state index in [9.17, 15) is 19.7 Å². The number of nitrogens with zero attached hydrogens (tertiary/aromatic N) is 3. The van der Waals surface area contributed by atoms with Gasteiger partial charge in [0.05, 0.1) is 19.1 Å². The van der Waals surface area contributed by atoms with Crippen molar-refractivity contribution in [3.05, 3.63) is 57.0 Å². The Morgan fingerprint density at radius 2 is 2.11 bits per heavy atom. The maximum atomic E-state index is 12.5. The van der Waals surface area contributed by atoms with Gasteiger partial charge in [-0.2, -0.15) is 0 Å². The first-order valence-corrected chi connectivity index (χ1v) is 8.57. The first-order chi connectivity index (χ1) is 12.8. The second-order valence-electron chi connectivity index (χ2n) is 5.66. The minimum absolute atomic E-state index is 0.117. The summed E-state index contributed by atoms with van der Waals surface area (Å²) in [6, 6.07) is 6.07. The molecule has 1 amide bonds. The number of aryl methyl sites for hydroxylation is 1. The van der Waals surface area contributed by atoms with Gasteiger partial charge in [0.15, 0.2) is 12.4 Å². The molecule has 0 unspecified atom stereocenters. The number of ether oxygens (including phenoxy) is 1. The summed E-state index contributed by atoms with van der Waals surface area (Å²) in [6.45, 7) is 3.14. The van der Waals surface area contributed by atoms with Gasteiger partial charge in [0.25, 0.3) is 5.91 Å². The largest absolute Gasteiger partial charge is 0.466 e. The molecule has 9 nitrogen and oxygen atoms in total. The lowest BCUT2D eigenvalue weighted by Crippen LogP contribution is -2.33. The molecule has 144 valence electrons. The standard InChI is InChI=1S/C17H19ClN4O5/c1-3-27-17(24)8-14(12-6-4-5-7-13(12)18)20-15(23)10-21-11(2)19-9-16(21)22(25)26/h4-7,9,14H,3,8,10H2,1-2H3,(H,20,23)/t14-/m1/s1. The van der Waals surface area contributed by atoms with Gasteiger partial charge in [0.1, 0.15) is 6.20 Å². The molecule has 0 aliphatic rings. The van der Waals surface area contributed by atoms with Crippen molar-refractivity contribution in [2.24, 2.45) is 0 Å². The molecule has 0 fully saturated rings. The number of nitrogens with one attached hydrogen (secondary N) is 1. The Kier molecular flexibility index (Phi) is 6.89. The summed E-state index contributed by atoms with van der Waals surface area (Å²) >= 11 is 6.19. The Morgan fingerprint density at radius 3 is 2.74 bits per heavy atom. The second-order valence-corrected chi connectivity index (χ2v) is 6.06. The lowest BCUT2D eigenvalue weighted by atomic mass is 10.0. The zero-order chi connectivity index (χ0) is 20.0. The molecule has 0 saturated carbocycles. The monoisotopic (exact) mass is 394 g/mol. The molecule has 1 aromatic heterocycles. The highest BCUT2D eigenvalue weighted by atomic mass is 35.5. The highest BCUT2D eigenvalue weighted by Gasteiger charge is 2.25. The minimum Gasteiger partial charge on any atom is -0.466 e. The fourth-order valence-electron chi connectivity index (χ4n) is 2.56. The van der Waals surface area contributed by atoms with Crippen molar-refractivity contribution < 1.29 is 19.2 Å². The Labute approximate surface area is 160 Å². The summed E-state index contributed by atoms with van der Waals surface area (Å²) in [7, 11) is 0. The molecule has 1 N–H and O–H groups in total. The van der Waals surface area contributed by atoms with E-state index in [2.05, 4.69) is 10.3 Å². The molecule has 1 aromatic carbocycles. The Morgan fingerprint density at radius 1 is 1.41 bits per heavy atom. The van der Waals surface area contributed by atoms with Gasteiger partial charge in [-0.05, 0) is 23.5 Å². The molecule has 1 heterocycles. The second kappa shape index (κ2) is 9.13. The van der Waals surface area contributed by atoms with Gasteiger partial charge >= 0.3 is 11.8 Å². The third-order valence-corrected chi connectivity index (χ3v) is 4.16. The lowest BCUT2D eigenvalue weighted by Gasteiger charge is -2.19. The molecule has 0 saturated heterocycles. The summed E-state index contributed by atoms with van der Waals surface area (Å²) in [5.74, 6) is -0.972. The topological polar surface area (TPSA) is 116 Å². The van der Waals surface area contributed by atoms with Crippen LogP contribution in [0, 0.1) is 17.0 Å². The van der Waals surface area contributed by atoms with E-state index in [-0.39, 0.29) is 25.4 Å². The molecular weight excluding hydrogens is 376 g/mol. The maximum absolute atomic E-state index is 12.5. The SMILES string of the molecule is CCOC(=O)C[C@@H](NC(=O)Cn1c([N+](=O)[O-])cnc1C)c1ccccc1Cl. The number of amides is 1. The molecule has 1 atom stereocenters. The van der Waals surface area contributed by atoms with E-state index in [1.165, 1.54) is 4.57 Å². The Hall–Kier alpha value is -2.94. The average molecular weight is 395 g/mol. The minimum atomic E-state index is -0.729. The van der Waals surface area contributed by atoms with E-state index in [4.69, 9.17) is 16.3 Å². The van der Waals surface area contributed by atoms with Gasteiger partial charge in [0.2, 0.25) is 0 Å².